The molecule has 1 saturated heterocycles. The zero-order chi connectivity index (χ0) is 14.4. The second-order valence-corrected chi connectivity index (χ2v) is 7.49. The van der Waals surface area contributed by atoms with Crippen molar-refractivity contribution in [1.29, 1.82) is 0 Å². The summed E-state index contributed by atoms with van der Waals surface area (Å²) in [6, 6.07) is 7.24. The monoisotopic (exact) mass is 300 g/mol. The average molecular weight is 300 g/mol. The van der Waals surface area contributed by atoms with Gasteiger partial charge in [0.1, 0.15) is 31.9 Å². The summed E-state index contributed by atoms with van der Waals surface area (Å²) < 4.78 is 29.4. The van der Waals surface area contributed by atoms with Crippen LogP contribution in [-0.4, -0.2) is 54.0 Å². The first-order valence-electron chi connectivity index (χ1n) is 7.08. The molecule has 0 radical (unpaired) electrons. The van der Waals surface area contributed by atoms with Gasteiger partial charge in [0.15, 0.2) is 9.84 Å². The molecule has 1 aliphatic heterocycles. The Morgan fingerprint density at radius 3 is 2.45 bits per heavy atom. The number of hydrogen-bond acceptors (Lipinski definition) is 3. The third-order valence-corrected chi connectivity index (χ3v) is 5.32. The highest BCUT2D eigenvalue weighted by molar-refractivity contribution is 7.90. The number of quaternary nitrogens is 2. The highest BCUT2D eigenvalue weighted by Gasteiger charge is 2.20. The Morgan fingerprint density at radius 2 is 1.85 bits per heavy atom. The van der Waals surface area contributed by atoms with Crippen molar-refractivity contribution < 1.29 is 23.4 Å². The van der Waals surface area contributed by atoms with Crippen molar-refractivity contribution in [3.8, 4) is 5.75 Å². The third-order valence-electron chi connectivity index (χ3n) is 3.72. The molecule has 112 valence electrons. The number of methoxy groups -OCH3 is 1. The molecule has 5 nitrogen and oxygen atoms in total. The maximum atomic E-state index is 12.1. The van der Waals surface area contributed by atoms with E-state index in [1.807, 2.05) is 12.1 Å². The Balaban J connectivity index is 1.85. The van der Waals surface area contributed by atoms with Gasteiger partial charge in [-0.2, -0.15) is 0 Å². The van der Waals surface area contributed by atoms with E-state index in [4.69, 9.17) is 4.74 Å². The van der Waals surface area contributed by atoms with E-state index in [0.29, 0.717) is 0 Å². The van der Waals surface area contributed by atoms with Gasteiger partial charge in [-0.25, -0.2) is 8.42 Å². The average Bonchev–Trinajstić information content (AvgIpc) is 2.47. The molecular formula is C14H24N2O3S+2. The fourth-order valence-corrected chi connectivity index (χ4v) is 3.92. The van der Waals surface area contributed by atoms with Crippen LogP contribution in [0.2, 0.25) is 0 Å². The van der Waals surface area contributed by atoms with Gasteiger partial charge >= 0.3 is 0 Å². The Hall–Kier alpha value is -1.11. The number of piperazine rings is 1. The molecule has 0 atom stereocenters. The Bertz CT molecular complexity index is 508. The summed E-state index contributed by atoms with van der Waals surface area (Å²) in [6.45, 7) is 5.07. The van der Waals surface area contributed by atoms with Crippen molar-refractivity contribution in [2.24, 2.45) is 0 Å². The van der Waals surface area contributed by atoms with Crippen molar-refractivity contribution in [3.05, 3.63) is 29.8 Å². The molecule has 20 heavy (non-hydrogen) atoms. The van der Waals surface area contributed by atoms with Crippen LogP contribution in [0.5, 0.6) is 5.75 Å². The first-order valence-corrected chi connectivity index (χ1v) is 8.90. The Kier molecular flexibility index (Phi) is 5.39. The summed E-state index contributed by atoms with van der Waals surface area (Å²) in [5, 5.41) is 2.29. The molecule has 0 saturated carbocycles. The van der Waals surface area contributed by atoms with E-state index in [-0.39, 0.29) is 11.5 Å². The summed E-state index contributed by atoms with van der Waals surface area (Å²) in [5.41, 5.74) is 0.827. The van der Waals surface area contributed by atoms with E-state index in [0.717, 1.165) is 44.0 Å². The van der Waals surface area contributed by atoms with Gasteiger partial charge in [0.2, 0.25) is 0 Å². The smallest absolute Gasteiger partial charge is 0.159 e. The number of hydrogen-bond donors (Lipinski definition) is 2. The van der Waals surface area contributed by atoms with Crippen molar-refractivity contribution in [3.63, 3.8) is 0 Å². The first-order chi connectivity index (χ1) is 9.59. The third kappa shape index (κ3) is 4.77. The zero-order valence-electron chi connectivity index (χ0n) is 12.0. The van der Waals surface area contributed by atoms with Crippen LogP contribution in [0.1, 0.15) is 5.56 Å². The van der Waals surface area contributed by atoms with Crippen LogP contribution < -0.4 is 15.0 Å². The van der Waals surface area contributed by atoms with E-state index in [9.17, 15) is 8.42 Å². The van der Waals surface area contributed by atoms with Crippen LogP contribution in [0.25, 0.3) is 0 Å². The van der Waals surface area contributed by atoms with E-state index in [2.05, 4.69) is 5.32 Å². The predicted molar refractivity (Wildman–Crippen MR) is 77.7 cm³/mol. The summed E-state index contributed by atoms with van der Waals surface area (Å²) >= 11 is 0. The lowest BCUT2D eigenvalue weighted by molar-refractivity contribution is -0.944. The van der Waals surface area contributed by atoms with Gasteiger partial charge in [-0.1, -0.05) is 12.1 Å². The molecule has 0 amide bonds. The van der Waals surface area contributed by atoms with E-state index < -0.39 is 9.84 Å². The molecule has 1 aliphatic rings. The molecule has 2 rings (SSSR count). The van der Waals surface area contributed by atoms with Gasteiger partial charge in [-0.05, 0) is 17.7 Å². The van der Waals surface area contributed by atoms with Crippen molar-refractivity contribution in [2.75, 3.05) is 45.6 Å². The lowest BCUT2D eigenvalue weighted by Gasteiger charge is -2.21. The molecule has 0 aliphatic carbocycles. The van der Waals surface area contributed by atoms with Crippen LogP contribution in [0.3, 0.4) is 0 Å². The number of sulfone groups is 1. The topological polar surface area (TPSA) is 64.4 Å². The van der Waals surface area contributed by atoms with Crippen LogP contribution in [0.15, 0.2) is 24.3 Å². The highest BCUT2D eigenvalue weighted by atomic mass is 32.2. The van der Waals surface area contributed by atoms with Gasteiger partial charge in [-0.3, -0.25) is 0 Å². The Morgan fingerprint density at radius 1 is 1.20 bits per heavy atom. The maximum absolute atomic E-state index is 12.1. The molecule has 0 bridgehead atoms. The number of nitrogens with two attached hydrogens (primary N) is 1. The minimum Gasteiger partial charge on any atom is -0.497 e. The van der Waals surface area contributed by atoms with Gasteiger partial charge in [0, 0.05) is 0 Å². The standard InChI is InChI=1S/C14H22N2O3S/c1-19-14-4-2-13(3-5-14)12-20(17,18)11-10-16-8-6-15-7-9-16/h2-5,15H,6-12H2,1H3/p+2. The normalized spacial score (nSPS) is 17.1. The van der Waals surface area contributed by atoms with Crippen molar-refractivity contribution in [1.82, 2.24) is 0 Å². The second kappa shape index (κ2) is 7.06. The van der Waals surface area contributed by atoms with Gasteiger partial charge in [0.05, 0.1) is 25.2 Å². The summed E-state index contributed by atoms with van der Waals surface area (Å²) in [5.74, 6) is 1.14. The Labute approximate surface area is 120 Å². The van der Waals surface area contributed by atoms with E-state index >= 15 is 0 Å². The molecule has 1 heterocycles. The molecule has 3 N–H and O–H groups in total. The van der Waals surface area contributed by atoms with Crippen LogP contribution in [0.4, 0.5) is 0 Å². The summed E-state index contributed by atoms with van der Waals surface area (Å²) in [6.07, 6.45) is 0. The molecule has 1 aromatic carbocycles. The largest absolute Gasteiger partial charge is 0.497 e. The van der Waals surface area contributed by atoms with E-state index in [1.54, 1.807) is 19.2 Å². The summed E-state index contributed by atoms with van der Waals surface area (Å²) in [7, 11) is -1.42. The minimum absolute atomic E-state index is 0.121. The SMILES string of the molecule is COc1ccc(CS(=O)(=O)CC[NH+]2CC[NH2+]CC2)cc1. The van der Waals surface area contributed by atoms with Gasteiger partial charge in [0.25, 0.3) is 0 Å². The van der Waals surface area contributed by atoms with Crippen LogP contribution in [0, 0.1) is 0 Å². The lowest BCUT2D eigenvalue weighted by Crippen LogP contribution is -3.20. The van der Waals surface area contributed by atoms with Crippen molar-refractivity contribution >= 4 is 9.84 Å². The minimum atomic E-state index is -3.03. The van der Waals surface area contributed by atoms with Gasteiger partial charge in [-0.15, -0.1) is 0 Å². The van der Waals surface area contributed by atoms with Crippen LogP contribution in [-0.2, 0) is 15.6 Å². The fraction of sp³-hybridized carbons (Fsp3) is 0.571. The number of nitrogens with one attached hydrogen (secondary N) is 1. The molecule has 6 heteroatoms. The second-order valence-electron chi connectivity index (χ2n) is 5.31. The molecule has 0 unspecified atom stereocenters. The van der Waals surface area contributed by atoms with Crippen LogP contribution >= 0.6 is 0 Å². The predicted octanol–water partition coefficient (Wildman–Crippen LogP) is -1.93. The molecule has 0 aromatic heterocycles. The lowest BCUT2D eigenvalue weighted by atomic mass is 10.2. The first kappa shape index (κ1) is 15.3. The highest BCUT2D eigenvalue weighted by Crippen LogP contribution is 2.13. The van der Waals surface area contributed by atoms with Gasteiger partial charge < -0.3 is 15.0 Å². The van der Waals surface area contributed by atoms with Crippen molar-refractivity contribution in [2.45, 2.75) is 5.75 Å². The molecule has 1 fully saturated rings. The quantitative estimate of drug-likeness (QED) is 0.643. The fourth-order valence-electron chi connectivity index (χ4n) is 2.48. The number of benzene rings is 1. The maximum Gasteiger partial charge on any atom is 0.159 e. The zero-order valence-corrected chi connectivity index (χ0v) is 12.8. The molecule has 1 aromatic rings. The number of rotatable bonds is 6. The molecular weight excluding hydrogens is 276 g/mol. The molecule has 0 spiro atoms. The van der Waals surface area contributed by atoms with E-state index in [1.165, 1.54) is 4.90 Å². The number of ether oxygens (including phenoxy) is 1. The summed E-state index contributed by atoms with van der Waals surface area (Å²) in [4.78, 5) is 1.41.